The number of benzene rings is 2. The first-order chi connectivity index (χ1) is 21.2. The molecule has 8 heteroatoms. The zero-order chi connectivity index (χ0) is 31.4. The van der Waals surface area contributed by atoms with Crippen LogP contribution in [0.15, 0.2) is 122 Å². The van der Waals surface area contributed by atoms with Crippen LogP contribution < -0.4 is 0 Å². The molecule has 0 spiro atoms. The Bertz CT molecular complexity index is 1300. The van der Waals surface area contributed by atoms with Crippen molar-refractivity contribution in [3.8, 4) is 0 Å². The molecule has 0 radical (unpaired) electrons. The van der Waals surface area contributed by atoms with Gasteiger partial charge in [-0.3, -0.25) is 9.97 Å². The van der Waals surface area contributed by atoms with E-state index >= 15 is 0 Å². The molecular weight excluding hydrogens is 552 g/mol. The van der Waals surface area contributed by atoms with E-state index in [4.69, 9.17) is 9.47 Å². The molecule has 8 nitrogen and oxygen atoms in total. The minimum atomic E-state index is -1.18. The molecule has 4 rings (SSSR count). The van der Waals surface area contributed by atoms with Gasteiger partial charge in [0, 0.05) is 61.6 Å². The molecule has 0 N–H and O–H groups in total. The van der Waals surface area contributed by atoms with Gasteiger partial charge in [0.15, 0.2) is 11.2 Å². The van der Waals surface area contributed by atoms with Crippen molar-refractivity contribution >= 4 is 11.9 Å². The zero-order valence-corrected chi connectivity index (χ0v) is 25.8. The number of carbonyl (C=O) groups is 2. The number of pyridine rings is 2. The molecule has 2 atom stereocenters. The number of carbonyl (C=O) groups excluding carboxylic acids is 2. The second-order valence-corrected chi connectivity index (χ2v) is 11.1. The highest BCUT2D eigenvalue weighted by atomic mass is 16.6. The fraction of sp³-hybridized carbons (Fsp3) is 0.278. The highest BCUT2D eigenvalue weighted by Crippen LogP contribution is 2.38. The predicted octanol–water partition coefficient (Wildman–Crippen LogP) is 5.21. The van der Waals surface area contributed by atoms with Crippen LogP contribution in [-0.2, 0) is 30.3 Å². The topological polar surface area (TPSA) is 84.9 Å². The van der Waals surface area contributed by atoms with Crippen molar-refractivity contribution in [1.82, 2.24) is 19.8 Å². The summed E-state index contributed by atoms with van der Waals surface area (Å²) >= 11 is 0. The zero-order valence-electron chi connectivity index (χ0n) is 25.8. The minimum Gasteiger partial charge on any atom is -0.444 e. The van der Waals surface area contributed by atoms with Gasteiger partial charge in [0.25, 0.3) is 0 Å². The summed E-state index contributed by atoms with van der Waals surface area (Å²) in [5, 5.41) is 0. The summed E-state index contributed by atoms with van der Waals surface area (Å²) in [7, 11) is 7.84. The van der Waals surface area contributed by atoms with E-state index in [0.29, 0.717) is 37.3 Å². The fourth-order valence-corrected chi connectivity index (χ4v) is 5.09. The number of esters is 2. The summed E-state index contributed by atoms with van der Waals surface area (Å²) in [5.74, 6) is -1.38. The van der Waals surface area contributed by atoms with Gasteiger partial charge in [0.2, 0.25) is 0 Å². The van der Waals surface area contributed by atoms with Gasteiger partial charge in [-0.25, -0.2) is 9.59 Å². The van der Waals surface area contributed by atoms with Crippen LogP contribution in [0.1, 0.15) is 35.4 Å². The summed E-state index contributed by atoms with van der Waals surface area (Å²) in [5.41, 5.74) is 0.411. The summed E-state index contributed by atoms with van der Waals surface area (Å²) < 4.78 is 12.5. The van der Waals surface area contributed by atoms with E-state index in [-0.39, 0.29) is 0 Å². The molecule has 4 aromatic rings. The standard InChI is InChI=1S/C36H40N4O4/c1-39(2)27-23-35(29-15-7-5-8-16-29,31-19-11-13-25-37-31)43-33(41)21-22-34(42)44-36(24-28-40(3)4,30-17-9-6-10-18-30)32-20-12-14-26-38-32/h5-22,25-26H,23-24,27-28H2,1-4H3/b22-21-. The fourth-order valence-electron chi connectivity index (χ4n) is 5.09. The molecule has 44 heavy (non-hydrogen) atoms. The highest BCUT2D eigenvalue weighted by Gasteiger charge is 2.41. The lowest BCUT2D eigenvalue weighted by molar-refractivity contribution is -0.154. The van der Waals surface area contributed by atoms with E-state index in [1.165, 1.54) is 0 Å². The maximum atomic E-state index is 13.5. The van der Waals surface area contributed by atoms with Gasteiger partial charge in [-0.05, 0) is 52.5 Å². The van der Waals surface area contributed by atoms with Crippen LogP contribution >= 0.6 is 0 Å². The first-order valence-corrected chi connectivity index (χ1v) is 14.6. The van der Waals surface area contributed by atoms with Gasteiger partial charge in [0.1, 0.15) is 0 Å². The van der Waals surface area contributed by atoms with Crippen molar-refractivity contribution in [3.05, 3.63) is 144 Å². The Kier molecular flexibility index (Phi) is 11.1. The molecule has 2 aromatic carbocycles. The summed E-state index contributed by atoms with van der Waals surface area (Å²) in [6, 6.07) is 30.2. The van der Waals surface area contributed by atoms with Crippen molar-refractivity contribution in [2.24, 2.45) is 0 Å². The van der Waals surface area contributed by atoms with Crippen molar-refractivity contribution in [2.45, 2.75) is 24.0 Å². The number of rotatable bonds is 14. The molecule has 228 valence electrons. The number of hydrogen-bond donors (Lipinski definition) is 0. The molecule has 0 aliphatic heterocycles. The highest BCUT2D eigenvalue weighted by molar-refractivity contribution is 5.92. The lowest BCUT2D eigenvalue weighted by Crippen LogP contribution is -2.38. The third kappa shape index (κ3) is 8.03. The average molecular weight is 593 g/mol. The number of nitrogens with zero attached hydrogens (tertiary/aromatic N) is 4. The lowest BCUT2D eigenvalue weighted by Gasteiger charge is -2.34. The van der Waals surface area contributed by atoms with Gasteiger partial charge in [-0.1, -0.05) is 72.8 Å². The first kappa shape index (κ1) is 32.3. The second-order valence-electron chi connectivity index (χ2n) is 11.1. The Morgan fingerprint density at radius 2 is 0.955 bits per heavy atom. The normalized spacial score (nSPS) is 14.2. The number of ether oxygens (including phenoxy) is 2. The van der Waals surface area contributed by atoms with Gasteiger partial charge in [-0.2, -0.15) is 0 Å². The Morgan fingerprint density at radius 1 is 0.591 bits per heavy atom. The maximum Gasteiger partial charge on any atom is 0.332 e. The molecular formula is C36H40N4O4. The van der Waals surface area contributed by atoms with Gasteiger partial charge < -0.3 is 19.3 Å². The molecule has 0 fully saturated rings. The van der Waals surface area contributed by atoms with E-state index in [2.05, 4.69) is 9.97 Å². The smallest absolute Gasteiger partial charge is 0.332 e. The third-order valence-corrected chi connectivity index (χ3v) is 7.36. The molecule has 0 bridgehead atoms. The Hall–Kier alpha value is -4.66. The summed E-state index contributed by atoms with van der Waals surface area (Å²) in [6.07, 6.45) is 6.51. The van der Waals surface area contributed by atoms with E-state index in [1.54, 1.807) is 12.4 Å². The molecule has 2 heterocycles. The molecule has 0 aliphatic carbocycles. The van der Waals surface area contributed by atoms with Gasteiger partial charge >= 0.3 is 11.9 Å². The Labute approximate surface area is 260 Å². The van der Waals surface area contributed by atoms with Crippen molar-refractivity contribution in [3.63, 3.8) is 0 Å². The second kappa shape index (κ2) is 15.2. The van der Waals surface area contributed by atoms with E-state index < -0.39 is 23.1 Å². The van der Waals surface area contributed by atoms with Crippen LogP contribution in [0.2, 0.25) is 0 Å². The van der Waals surface area contributed by atoms with Crippen molar-refractivity contribution in [1.29, 1.82) is 0 Å². The molecule has 0 aliphatic rings. The number of hydrogen-bond acceptors (Lipinski definition) is 8. The third-order valence-electron chi connectivity index (χ3n) is 7.36. The van der Waals surface area contributed by atoms with Gasteiger partial charge in [0.05, 0.1) is 11.4 Å². The monoisotopic (exact) mass is 592 g/mol. The molecule has 2 unspecified atom stereocenters. The SMILES string of the molecule is CN(C)CCC(OC(=O)/C=C\C(=O)OC(CCN(C)C)(c1ccccc1)c1ccccn1)(c1ccccc1)c1ccccn1. The van der Waals surface area contributed by atoms with Crippen LogP contribution in [0.4, 0.5) is 0 Å². The molecule has 0 amide bonds. The quantitative estimate of drug-likeness (QED) is 0.146. The molecule has 0 saturated carbocycles. The van der Waals surface area contributed by atoms with E-state index in [1.807, 2.05) is 135 Å². The predicted molar refractivity (Wildman–Crippen MR) is 171 cm³/mol. The van der Waals surface area contributed by atoms with Crippen LogP contribution in [0.25, 0.3) is 0 Å². The van der Waals surface area contributed by atoms with E-state index in [0.717, 1.165) is 23.3 Å². The average Bonchev–Trinajstić information content (AvgIpc) is 3.05. The van der Waals surface area contributed by atoms with Crippen molar-refractivity contribution < 1.29 is 19.1 Å². The van der Waals surface area contributed by atoms with Gasteiger partial charge in [-0.15, -0.1) is 0 Å². The van der Waals surface area contributed by atoms with Crippen molar-refractivity contribution in [2.75, 3.05) is 41.3 Å². The summed E-state index contributed by atoms with van der Waals surface area (Å²) in [6.45, 7) is 1.25. The number of aromatic nitrogens is 2. The lowest BCUT2D eigenvalue weighted by atomic mass is 9.86. The maximum absolute atomic E-state index is 13.5. The largest absolute Gasteiger partial charge is 0.444 e. The van der Waals surface area contributed by atoms with E-state index in [9.17, 15) is 9.59 Å². The minimum absolute atomic E-state index is 0.451. The van der Waals surface area contributed by atoms with Crippen LogP contribution in [-0.4, -0.2) is 73.0 Å². The Balaban J connectivity index is 1.66. The first-order valence-electron chi connectivity index (χ1n) is 14.6. The Morgan fingerprint density at radius 3 is 1.27 bits per heavy atom. The molecule has 2 aromatic heterocycles. The van der Waals surface area contributed by atoms with Crippen LogP contribution in [0, 0.1) is 0 Å². The van der Waals surface area contributed by atoms with Crippen LogP contribution in [0.3, 0.4) is 0 Å². The van der Waals surface area contributed by atoms with Crippen LogP contribution in [0.5, 0.6) is 0 Å². The summed E-state index contributed by atoms with van der Waals surface area (Å²) in [4.78, 5) is 40.2. The molecule has 0 saturated heterocycles.